The number of rotatable bonds is 1. The van der Waals surface area contributed by atoms with Crippen molar-refractivity contribution in [2.45, 2.75) is 0 Å². The minimum absolute atomic E-state index is 0.140. The highest BCUT2D eigenvalue weighted by atomic mass is 15.2. The van der Waals surface area contributed by atoms with Gasteiger partial charge in [-0.05, 0) is 0 Å². The highest BCUT2D eigenvalue weighted by Crippen LogP contribution is 2.09. The molecule has 0 radical (unpaired) electrons. The van der Waals surface area contributed by atoms with E-state index in [4.69, 9.17) is 10.5 Å². The van der Waals surface area contributed by atoms with E-state index in [0.29, 0.717) is 5.95 Å². The first kappa shape index (κ1) is 8.09. The van der Waals surface area contributed by atoms with Crippen LogP contribution in [0.4, 0.5) is 5.95 Å². The van der Waals surface area contributed by atoms with E-state index in [1.165, 1.54) is 0 Å². The predicted octanol–water partition coefficient (Wildman–Crippen LogP) is 0.219. The first-order chi connectivity index (χ1) is 5.69. The fourth-order valence-corrected chi connectivity index (χ4v) is 0.734. The van der Waals surface area contributed by atoms with E-state index >= 15 is 0 Å². The van der Waals surface area contributed by atoms with E-state index in [1.54, 1.807) is 19.0 Å². The Morgan fingerprint density at radius 3 is 2.33 bits per heavy atom. The van der Waals surface area contributed by atoms with Gasteiger partial charge in [0.15, 0.2) is 11.4 Å². The lowest BCUT2D eigenvalue weighted by Crippen LogP contribution is -2.10. The molecule has 0 aliphatic carbocycles. The van der Waals surface area contributed by atoms with Gasteiger partial charge in [-0.3, -0.25) is 0 Å². The molecule has 0 aliphatic rings. The van der Waals surface area contributed by atoms with Gasteiger partial charge >= 0.3 is 0 Å². The molecule has 60 valence electrons. The molecule has 0 spiro atoms. The summed E-state index contributed by atoms with van der Waals surface area (Å²) in [6, 6.07) is 3.68. The first-order valence-corrected chi connectivity index (χ1v) is 3.26. The normalized spacial score (nSPS) is 8.67. The highest BCUT2D eigenvalue weighted by Gasteiger charge is 2.09. The molecule has 12 heavy (non-hydrogen) atoms. The van der Waals surface area contributed by atoms with Crippen LogP contribution in [0.15, 0.2) is 0 Å². The van der Waals surface area contributed by atoms with Gasteiger partial charge in [0.05, 0.1) is 0 Å². The van der Waals surface area contributed by atoms with Crippen LogP contribution in [0.25, 0.3) is 0 Å². The van der Waals surface area contributed by atoms with E-state index < -0.39 is 0 Å². The summed E-state index contributed by atoms with van der Waals surface area (Å²) in [5, 5.41) is 17.1. The molecule has 0 fully saturated rings. The molecular formula is C7H7N5. The van der Waals surface area contributed by atoms with Crippen molar-refractivity contribution in [3.63, 3.8) is 0 Å². The quantitative estimate of drug-likeness (QED) is 0.638. The Labute approximate surface area is 69.9 Å². The van der Waals surface area contributed by atoms with Crippen LogP contribution in [-0.2, 0) is 0 Å². The molecule has 5 nitrogen and oxygen atoms in total. The average Bonchev–Trinajstić information content (AvgIpc) is 2.46. The van der Waals surface area contributed by atoms with Crippen molar-refractivity contribution in [2.75, 3.05) is 19.0 Å². The molecule has 0 saturated carbocycles. The Morgan fingerprint density at radius 2 is 2.00 bits per heavy atom. The fraction of sp³-hybridized carbons (Fsp3) is 0.286. The summed E-state index contributed by atoms with van der Waals surface area (Å²) in [4.78, 5) is 8.29. The van der Waals surface area contributed by atoms with Crippen molar-refractivity contribution in [3.8, 4) is 12.1 Å². The second-order valence-electron chi connectivity index (χ2n) is 2.40. The summed E-state index contributed by atoms with van der Waals surface area (Å²) < 4.78 is 0. The van der Waals surface area contributed by atoms with Crippen LogP contribution >= 0.6 is 0 Å². The van der Waals surface area contributed by atoms with E-state index in [0.717, 1.165) is 0 Å². The van der Waals surface area contributed by atoms with Gasteiger partial charge in [-0.1, -0.05) is 0 Å². The second kappa shape index (κ2) is 2.93. The molecule has 0 saturated heterocycles. The van der Waals surface area contributed by atoms with Crippen LogP contribution in [0.3, 0.4) is 0 Å². The van der Waals surface area contributed by atoms with E-state index in [1.807, 2.05) is 12.1 Å². The molecule has 1 aromatic heterocycles. The smallest absolute Gasteiger partial charge is 0.204 e. The van der Waals surface area contributed by atoms with Gasteiger partial charge in [0.25, 0.3) is 0 Å². The largest absolute Gasteiger partial charge is 0.348 e. The Kier molecular flexibility index (Phi) is 1.98. The zero-order valence-electron chi connectivity index (χ0n) is 6.79. The molecule has 1 N–H and O–H groups in total. The Hall–Kier alpha value is -2.01. The summed E-state index contributed by atoms with van der Waals surface area (Å²) in [5.74, 6) is 0.517. The molecule has 5 heteroatoms. The van der Waals surface area contributed by atoms with Crippen LogP contribution in [-0.4, -0.2) is 24.1 Å². The summed E-state index contributed by atoms with van der Waals surface area (Å²) in [5.41, 5.74) is 0.349. The molecule has 0 amide bonds. The third kappa shape index (κ3) is 1.21. The molecule has 0 unspecified atom stereocenters. The summed E-state index contributed by atoms with van der Waals surface area (Å²) >= 11 is 0. The number of H-pyrrole nitrogens is 1. The molecular weight excluding hydrogens is 154 g/mol. The van der Waals surface area contributed by atoms with E-state index in [9.17, 15) is 0 Å². The predicted molar refractivity (Wildman–Crippen MR) is 42.3 cm³/mol. The van der Waals surface area contributed by atoms with Crippen molar-refractivity contribution in [3.05, 3.63) is 11.4 Å². The fourth-order valence-electron chi connectivity index (χ4n) is 0.734. The number of nitriles is 2. The lowest BCUT2D eigenvalue weighted by atomic mass is 10.4. The third-order valence-electron chi connectivity index (χ3n) is 1.33. The Balaban J connectivity index is 3.19. The number of aromatic amines is 1. The summed E-state index contributed by atoms with van der Waals surface area (Å²) in [6.45, 7) is 0. The first-order valence-electron chi connectivity index (χ1n) is 3.26. The zero-order valence-corrected chi connectivity index (χ0v) is 6.79. The summed E-state index contributed by atoms with van der Waals surface area (Å²) in [6.07, 6.45) is 0. The number of nitrogens with zero attached hydrogens (tertiary/aromatic N) is 4. The number of anilines is 1. The molecule has 0 bridgehead atoms. The van der Waals surface area contributed by atoms with Crippen LogP contribution < -0.4 is 4.90 Å². The standard InChI is InChI=1S/C7H7N5/c1-12(2)7-10-5(3-8)6(4-9)11-7/h1-2H3,(H,10,11). The topological polar surface area (TPSA) is 79.5 Å². The maximum Gasteiger partial charge on any atom is 0.204 e. The van der Waals surface area contributed by atoms with Gasteiger partial charge in [-0.25, -0.2) is 4.98 Å². The minimum Gasteiger partial charge on any atom is -0.348 e. The molecule has 0 aromatic carbocycles. The highest BCUT2D eigenvalue weighted by molar-refractivity contribution is 5.43. The van der Waals surface area contributed by atoms with Crippen LogP contribution in [0.2, 0.25) is 0 Å². The summed E-state index contributed by atoms with van der Waals surface area (Å²) in [7, 11) is 3.56. The lowest BCUT2D eigenvalue weighted by Gasteiger charge is -2.05. The van der Waals surface area contributed by atoms with Gasteiger partial charge in [0, 0.05) is 14.1 Å². The maximum absolute atomic E-state index is 8.55. The maximum atomic E-state index is 8.55. The lowest BCUT2D eigenvalue weighted by molar-refractivity contribution is 1.03. The van der Waals surface area contributed by atoms with Crippen molar-refractivity contribution < 1.29 is 0 Å². The monoisotopic (exact) mass is 161 g/mol. The second-order valence-corrected chi connectivity index (χ2v) is 2.40. The minimum atomic E-state index is 0.140. The molecule has 1 rings (SSSR count). The van der Waals surface area contributed by atoms with Gasteiger partial charge in [0.1, 0.15) is 12.1 Å². The molecule has 1 heterocycles. The number of hydrogen-bond acceptors (Lipinski definition) is 4. The third-order valence-corrected chi connectivity index (χ3v) is 1.33. The molecule has 1 aromatic rings. The number of aromatic nitrogens is 2. The van der Waals surface area contributed by atoms with Crippen LogP contribution in [0, 0.1) is 22.7 Å². The Morgan fingerprint density at radius 1 is 1.33 bits per heavy atom. The SMILES string of the molecule is CN(C)c1nc(C#N)c(C#N)[nH]1. The van der Waals surface area contributed by atoms with Crippen molar-refractivity contribution in [2.24, 2.45) is 0 Å². The molecule has 0 aliphatic heterocycles. The number of nitrogens with one attached hydrogen (secondary N) is 1. The molecule has 0 atom stereocenters. The zero-order chi connectivity index (χ0) is 9.14. The Bertz CT molecular complexity index is 331. The van der Waals surface area contributed by atoms with Gasteiger partial charge in [-0.2, -0.15) is 10.5 Å². The number of hydrogen-bond donors (Lipinski definition) is 1. The van der Waals surface area contributed by atoms with Crippen molar-refractivity contribution >= 4 is 5.95 Å². The van der Waals surface area contributed by atoms with E-state index in [-0.39, 0.29) is 11.4 Å². The van der Waals surface area contributed by atoms with Gasteiger partial charge in [-0.15, -0.1) is 0 Å². The van der Waals surface area contributed by atoms with Crippen LogP contribution in [0.1, 0.15) is 11.4 Å². The average molecular weight is 161 g/mol. The van der Waals surface area contributed by atoms with Crippen molar-refractivity contribution in [1.29, 1.82) is 10.5 Å². The van der Waals surface area contributed by atoms with Crippen LogP contribution in [0.5, 0.6) is 0 Å². The van der Waals surface area contributed by atoms with Gasteiger partial charge in [0.2, 0.25) is 5.95 Å². The van der Waals surface area contributed by atoms with Crippen molar-refractivity contribution in [1.82, 2.24) is 9.97 Å². The number of imidazole rings is 1. The van der Waals surface area contributed by atoms with Gasteiger partial charge < -0.3 is 9.88 Å². The van der Waals surface area contributed by atoms with E-state index in [2.05, 4.69) is 9.97 Å².